The molecule has 0 aliphatic heterocycles. The van der Waals surface area contributed by atoms with Gasteiger partial charge in [0.15, 0.2) is 0 Å². The van der Waals surface area contributed by atoms with Gasteiger partial charge in [-0.25, -0.2) is 8.42 Å². The van der Waals surface area contributed by atoms with Crippen molar-refractivity contribution in [3.8, 4) is 0 Å². The number of hydrogen-bond donors (Lipinski definition) is 0. The fourth-order valence-electron chi connectivity index (χ4n) is 3.41. The molecule has 0 aliphatic carbocycles. The lowest BCUT2D eigenvalue weighted by Crippen LogP contribution is -2.48. The highest BCUT2D eigenvalue weighted by Crippen LogP contribution is 2.12. The Balaban J connectivity index is 0. The lowest BCUT2D eigenvalue weighted by Gasteiger charge is -2.35. The molecule has 0 fully saturated rings. The van der Waals surface area contributed by atoms with Crippen LogP contribution in [0.25, 0.3) is 0 Å². The number of unbranched alkanes of at least 4 members (excludes halogenated alkanes) is 8. The average molecular weight is 438 g/mol. The van der Waals surface area contributed by atoms with Crippen LogP contribution in [-0.2, 0) is 19.4 Å². The minimum absolute atomic E-state index is 0.0914. The van der Waals surface area contributed by atoms with E-state index in [9.17, 15) is 17.8 Å². The van der Waals surface area contributed by atoms with Crippen molar-refractivity contribution in [3.05, 3.63) is 0 Å². The first-order valence-corrected chi connectivity index (χ1v) is 13.0. The second kappa shape index (κ2) is 19.5. The molecule has 0 saturated carbocycles. The Hall–Kier alpha value is -0.500. The number of quaternary nitrogens is 1. The van der Waals surface area contributed by atoms with E-state index in [-0.39, 0.29) is 6.61 Å². The first kappa shape index (κ1) is 30.7. The Bertz CT molecular complexity index is 467. The van der Waals surface area contributed by atoms with Crippen molar-refractivity contribution in [2.24, 2.45) is 0 Å². The molecule has 0 aromatic rings. The topological polar surface area (TPSA) is 83.5 Å². The van der Waals surface area contributed by atoms with Crippen molar-refractivity contribution in [2.75, 3.05) is 32.8 Å². The van der Waals surface area contributed by atoms with Gasteiger partial charge in [0.25, 0.3) is 0 Å². The molecule has 0 aliphatic rings. The molecular weight excluding hydrogens is 390 g/mol. The van der Waals surface area contributed by atoms with Gasteiger partial charge in [-0.05, 0) is 34.1 Å². The summed E-state index contributed by atoms with van der Waals surface area (Å²) >= 11 is 0. The Labute approximate surface area is 180 Å². The van der Waals surface area contributed by atoms with Gasteiger partial charge in [-0.2, -0.15) is 0 Å². The molecule has 0 atom stereocenters. The molecule has 0 radical (unpaired) electrons. The van der Waals surface area contributed by atoms with Gasteiger partial charge in [0, 0.05) is 6.42 Å². The maximum atomic E-state index is 12.0. The van der Waals surface area contributed by atoms with E-state index < -0.39 is 10.4 Å². The van der Waals surface area contributed by atoms with Crippen LogP contribution in [0.5, 0.6) is 0 Å². The molecule has 0 unspecified atom stereocenters. The van der Waals surface area contributed by atoms with E-state index in [2.05, 4.69) is 31.9 Å². The fourth-order valence-corrected chi connectivity index (χ4v) is 3.70. The first-order valence-electron chi connectivity index (χ1n) is 11.7. The number of carbonyl (C=O) groups excluding carboxylic acids is 1. The lowest BCUT2D eigenvalue weighted by molar-refractivity contribution is -0.922. The van der Waals surface area contributed by atoms with Crippen molar-refractivity contribution in [1.29, 1.82) is 0 Å². The first-order chi connectivity index (χ1) is 13.7. The zero-order valence-corrected chi connectivity index (χ0v) is 20.5. The van der Waals surface area contributed by atoms with Crippen LogP contribution in [0.2, 0.25) is 0 Å². The van der Waals surface area contributed by atoms with Crippen LogP contribution in [0, 0.1) is 0 Å². The third-order valence-electron chi connectivity index (χ3n) is 5.70. The van der Waals surface area contributed by atoms with Crippen molar-refractivity contribution < 1.29 is 26.4 Å². The zero-order valence-electron chi connectivity index (χ0n) is 19.7. The third kappa shape index (κ3) is 20.5. The molecule has 6 nitrogen and oxygen atoms in total. The number of hydrogen-bond acceptors (Lipinski definition) is 5. The summed E-state index contributed by atoms with van der Waals surface area (Å²) in [6.45, 7) is 14.8. The number of nitrogens with zero attached hydrogens (tertiary/aromatic N) is 1. The van der Waals surface area contributed by atoms with E-state index in [1.54, 1.807) is 0 Å². The molecule has 0 amide bonds. The van der Waals surface area contributed by atoms with Crippen LogP contribution in [0.4, 0.5) is 0 Å². The van der Waals surface area contributed by atoms with Crippen molar-refractivity contribution in [3.63, 3.8) is 0 Å². The van der Waals surface area contributed by atoms with Gasteiger partial charge < -0.3 is 9.04 Å². The second-order valence-corrected chi connectivity index (χ2v) is 8.75. The number of Topliss-reactive ketones (excluding diaryl/α,β-unsaturated/α-hetero) is 1. The van der Waals surface area contributed by atoms with Crippen LogP contribution in [0.3, 0.4) is 0 Å². The summed E-state index contributed by atoms with van der Waals surface area (Å²) in [5.74, 6) is 0.487. The van der Waals surface area contributed by atoms with Gasteiger partial charge >= 0.3 is 0 Å². The van der Waals surface area contributed by atoms with Gasteiger partial charge in [0.1, 0.15) is 5.78 Å². The predicted octanol–water partition coefficient (Wildman–Crippen LogP) is 5.23. The van der Waals surface area contributed by atoms with E-state index >= 15 is 0 Å². The number of ketones is 1. The molecule has 0 aromatic heterocycles. The standard InChI is InChI=1S/C20H42NO.C2H6O4S/c1-5-9-10-11-12-13-14-15-16-17-20(22)18-19-21(6-2,7-3)8-4;1-2-6-7(3,4)5/h5-19H2,1-4H3;2H2,1H3,(H,3,4,5)/q+1;/p-1. The molecule has 176 valence electrons. The minimum Gasteiger partial charge on any atom is -0.726 e. The van der Waals surface area contributed by atoms with Crippen molar-refractivity contribution in [1.82, 2.24) is 0 Å². The third-order valence-corrected chi connectivity index (χ3v) is 6.22. The van der Waals surface area contributed by atoms with E-state index in [1.165, 1.54) is 58.3 Å². The summed E-state index contributed by atoms with van der Waals surface area (Å²) < 4.78 is 33.1. The summed E-state index contributed by atoms with van der Waals surface area (Å²) in [6.07, 6.45) is 13.5. The summed E-state index contributed by atoms with van der Waals surface area (Å²) in [5, 5.41) is 0. The minimum atomic E-state index is -4.42. The van der Waals surface area contributed by atoms with E-state index in [1.807, 2.05) is 0 Å². The van der Waals surface area contributed by atoms with E-state index in [0.29, 0.717) is 5.78 Å². The molecule has 0 rings (SSSR count). The van der Waals surface area contributed by atoms with Gasteiger partial charge in [-0.15, -0.1) is 0 Å². The SMILES string of the molecule is CCCCCCCCCCCC(=O)CC[N+](CC)(CC)CC.CCOS(=O)(=O)[O-]. The Morgan fingerprint density at radius 3 is 1.55 bits per heavy atom. The molecule has 7 heteroatoms. The molecule has 0 aromatic carbocycles. The Kier molecular flexibility index (Phi) is 20.6. The summed E-state index contributed by atoms with van der Waals surface area (Å²) in [6, 6.07) is 0. The quantitative estimate of drug-likeness (QED) is 0.127. The molecular formula is C22H47NO5S. The van der Waals surface area contributed by atoms with Crippen LogP contribution in [0.15, 0.2) is 0 Å². The van der Waals surface area contributed by atoms with Crippen LogP contribution >= 0.6 is 0 Å². The van der Waals surface area contributed by atoms with Crippen LogP contribution < -0.4 is 0 Å². The van der Waals surface area contributed by atoms with Gasteiger partial charge in [0.05, 0.1) is 39.2 Å². The monoisotopic (exact) mass is 437 g/mol. The van der Waals surface area contributed by atoms with Crippen molar-refractivity contribution >= 4 is 16.2 Å². The summed E-state index contributed by atoms with van der Waals surface area (Å²) in [5.41, 5.74) is 0. The molecule has 0 N–H and O–H groups in total. The average Bonchev–Trinajstić information content (AvgIpc) is 2.68. The number of carbonyl (C=O) groups is 1. The maximum Gasteiger partial charge on any atom is 0.217 e. The van der Waals surface area contributed by atoms with Crippen molar-refractivity contribution in [2.45, 2.75) is 105 Å². The van der Waals surface area contributed by atoms with Crippen LogP contribution in [0.1, 0.15) is 105 Å². The van der Waals surface area contributed by atoms with Crippen LogP contribution in [-0.4, -0.2) is 56.0 Å². The molecule has 0 bridgehead atoms. The van der Waals surface area contributed by atoms with Gasteiger partial charge in [-0.3, -0.25) is 8.98 Å². The highest BCUT2D eigenvalue weighted by atomic mass is 32.3. The highest BCUT2D eigenvalue weighted by molar-refractivity contribution is 7.80. The highest BCUT2D eigenvalue weighted by Gasteiger charge is 2.21. The van der Waals surface area contributed by atoms with Gasteiger partial charge in [0.2, 0.25) is 10.4 Å². The smallest absolute Gasteiger partial charge is 0.217 e. The molecule has 0 heterocycles. The fraction of sp³-hybridized carbons (Fsp3) is 0.955. The second-order valence-electron chi connectivity index (χ2n) is 7.70. The molecule has 0 spiro atoms. The number of rotatable bonds is 18. The predicted molar refractivity (Wildman–Crippen MR) is 120 cm³/mol. The summed E-state index contributed by atoms with van der Waals surface area (Å²) in [7, 11) is -4.42. The normalized spacial score (nSPS) is 11.8. The van der Waals surface area contributed by atoms with Gasteiger partial charge in [-0.1, -0.05) is 58.3 Å². The maximum absolute atomic E-state index is 12.0. The Morgan fingerprint density at radius 1 is 0.759 bits per heavy atom. The molecule has 0 saturated heterocycles. The molecule has 29 heavy (non-hydrogen) atoms. The lowest BCUT2D eigenvalue weighted by atomic mass is 10.0. The zero-order chi connectivity index (χ0) is 22.6. The summed E-state index contributed by atoms with van der Waals surface area (Å²) in [4.78, 5) is 12.0. The van der Waals surface area contributed by atoms with E-state index in [0.717, 1.165) is 49.9 Å². The Morgan fingerprint density at radius 2 is 1.21 bits per heavy atom. The van der Waals surface area contributed by atoms with E-state index in [4.69, 9.17) is 0 Å². The largest absolute Gasteiger partial charge is 0.726 e.